The maximum atomic E-state index is 14.3. The van der Waals surface area contributed by atoms with Gasteiger partial charge in [0.25, 0.3) is 5.91 Å². The van der Waals surface area contributed by atoms with Crippen molar-refractivity contribution in [2.75, 3.05) is 13.1 Å². The Bertz CT molecular complexity index is 1300. The van der Waals surface area contributed by atoms with Gasteiger partial charge in [0.15, 0.2) is 5.82 Å². The molecule has 0 radical (unpaired) electrons. The fourth-order valence-electron chi connectivity index (χ4n) is 3.87. The molecule has 0 bridgehead atoms. The van der Waals surface area contributed by atoms with E-state index in [9.17, 15) is 14.0 Å². The summed E-state index contributed by atoms with van der Waals surface area (Å²) >= 11 is 0. The van der Waals surface area contributed by atoms with Crippen LogP contribution in [0, 0.1) is 5.82 Å². The number of halogens is 1. The molecule has 9 heteroatoms. The minimum Gasteiger partial charge on any atom is -0.339 e. The molecule has 0 spiro atoms. The first-order valence-electron chi connectivity index (χ1n) is 9.74. The monoisotopic (exact) mass is 407 g/mol. The average Bonchev–Trinajstić information content (AvgIpc) is 3.40. The summed E-state index contributed by atoms with van der Waals surface area (Å²) in [6.45, 7) is 1.51. The first-order valence-corrected chi connectivity index (χ1v) is 9.74. The number of benzene rings is 1. The van der Waals surface area contributed by atoms with E-state index in [2.05, 4.69) is 19.8 Å². The van der Waals surface area contributed by atoms with Crippen LogP contribution in [0.2, 0.25) is 0 Å². The molecule has 1 saturated heterocycles. The number of aromatic amines is 1. The Morgan fingerprint density at radius 1 is 1.13 bits per heavy atom. The van der Waals surface area contributed by atoms with Crippen molar-refractivity contribution >= 4 is 11.4 Å². The number of hydrogen-bond donors (Lipinski definition) is 1. The Labute approximate surface area is 169 Å². The Morgan fingerprint density at radius 3 is 2.73 bits per heavy atom. The zero-order valence-electron chi connectivity index (χ0n) is 16.0. The van der Waals surface area contributed by atoms with E-state index < -0.39 is 11.6 Å². The van der Waals surface area contributed by atoms with E-state index in [1.165, 1.54) is 6.07 Å². The van der Waals surface area contributed by atoms with Gasteiger partial charge in [-0.1, -0.05) is 11.2 Å². The zero-order valence-corrected chi connectivity index (χ0v) is 16.0. The maximum Gasteiger partial charge on any atom is 0.439 e. The van der Waals surface area contributed by atoms with E-state index >= 15 is 0 Å². The van der Waals surface area contributed by atoms with Crippen molar-refractivity contribution in [1.29, 1.82) is 0 Å². The molecule has 0 atom stereocenters. The number of H-pyrrole nitrogens is 1. The smallest absolute Gasteiger partial charge is 0.339 e. The van der Waals surface area contributed by atoms with Crippen LogP contribution in [0.4, 0.5) is 4.39 Å². The molecular weight excluding hydrogens is 389 g/mol. The van der Waals surface area contributed by atoms with E-state index in [0.717, 1.165) is 32.4 Å². The molecule has 152 valence electrons. The highest BCUT2D eigenvalue weighted by atomic mass is 19.1. The summed E-state index contributed by atoms with van der Waals surface area (Å²) in [6, 6.07) is 9.97. The molecule has 3 aromatic heterocycles. The van der Waals surface area contributed by atoms with Gasteiger partial charge in [0, 0.05) is 18.7 Å². The Morgan fingerprint density at radius 2 is 1.97 bits per heavy atom. The Kier molecular flexibility index (Phi) is 4.42. The Hall–Kier alpha value is -3.75. The summed E-state index contributed by atoms with van der Waals surface area (Å²) in [4.78, 5) is 28.4. The van der Waals surface area contributed by atoms with Crippen LogP contribution in [0.15, 0.2) is 51.9 Å². The lowest BCUT2D eigenvalue weighted by Gasteiger charge is -2.26. The van der Waals surface area contributed by atoms with Crippen molar-refractivity contribution in [1.82, 2.24) is 24.7 Å². The zero-order chi connectivity index (χ0) is 20.7. The first-order chi connectivity index (χ1) is 14.6. The predicted molar refractivity (Wildman–Crippen MR) is 106 cm³/mol. The largest absolute Gasteiger partial charge is 0.439 e. The second kappa shape index (κ2) is 7.25. The van der Waals surface area contributed by atoms with Crippen molar-refractivity contribution in [2.45, 2.75) is 19.3 Å². The maximum absolute atomic E-state index is 14.3. The molecule has 4 heterocycles. The summed E-state index contributed by atoms with van der Waals surface area (Å²) in [5.41, 5.74) is 2.66. The highest BCUT2D eigenvalue weighted by Crippen LogP contribution is 2.28. The lowest BCUT2D eigenvalue weighted by atomic mass is 10.1. The fraction of sp³-hybridized carbons (Fsp3) is 0.238. The predicted octanol–water partition coefficient (Wildman–Crippen LogP) is 3.11. The third kappa shape index (κ3) is 3.08. The van der Waals surface area contributed by atoms with Crippen molar-refractivity contribution < 1.29 is 13.7 Å². The highest BCUT2D eigenvalue weighted by Gasteiger charge is 2.22. The van der Waals surface area contributed by atoms with Gasteiger partial charge in [-0.15, -0.1) is 0 Å². The molecule has 1 fully saturated rings. The van der Waals surface area contributed by atoms with Gasteiger partial charge in [-0.25, -0.2) is 13.7 Å². The molecule has 8 nitrogen and oxygen atoms in total. The standard InChI is InChI=1S/C21H18FN5O3/c22-16-8-7-13(11-14(16)19-24-21(29)30-25-19)17-5-4-6-18-15(12-23-27(17)18)20(28)26-9-2-1-3-10-26/h4-8,11-12H,1-3,9-10H2,(H,24,25,29). The topological polar surface area (TPSA) is 96.5 Å². The molecule has 1 N–H and O–H groups in total. The van der Waals surface area contributed by atoms with Crippen LogP contribution in [0.1, 0.15) is 29.6 Å². The molecule has 1 aliphatic heterocycles. The summed E-state index contributed by atoms with van der Waals surface area (Å²) in [6.07, 6.45) is 4.75. The van der Waals surface area contributed by atoms with Gasteiger partial charge in [-0.2, -0.15) is 5.10 Å². The molecule has 4 aromatic rings. The quantitative estimate of drug-likeness (QED) is 0.563. The van der Waals surface area contributed by atoms with Crippen molar-refractivity contribution in [3.8, 4) is 22.6 Å². The van der Waals surface area contributed by atoms with Crippen LogP contribution in [-0.2, 0) is 0 Å². The molecule has 1 aromatic carbocycles. The minimum atomic E-state index is -0.759. The van der Waals surface area contributed by atoms with Crippen LogP contribution in [-0.4, -0.2) is 43.7 Å². The van der Waals surface area contributed by atoms with Gasteiger partial charge in [0.05, 0.1) is 28.5 Å². The van der Waals surface area contributed by atoms with Crippen LogP contribution in [0.3, 0.4) is 0 Å². The summed E-state index contributed by atoms with van der Waals surface area (Å²) in [7, 11) is 0. The summed E-state index contributed by atoms with van der Waals surface area (Å²) < 4.78 is 20.5. The highest BCUT2D eigenvalue weighted by molar-refractivity contribution is 6.01. The lowest BCUT2D eigenvalue weighted by molar-refractivity contribution is 0.0726. The summed E-state index contributed by atoms with van der Waals surface area (Å²) in [5, 5.41) is 7.99. The van der Waals surface area contributed by atoms with Crippen molar-refractivity contribution in [2.24, 2.45) is 0 Å². The number of carbonyl (C=O) groups is 1. The SMILES string of the molecule is O=C(c1cnn2c(-c3ccc(F)c(-c4noc(=O)[nH]4)c3)cccc12)N1CCCCC1. The number of amides is 1. The van der Waals surface area contributed by atoms with E-state index in [-0.39, 0.29) is 17.3 Å². The van der Waals surface area contributed by atoms with Crippen molar-refractivity contribution in [3.05, 3.63) is 64.5 Å². The summed E-state index contributed by atoms with van der Waals surface area (Å²) in [5.74, 6) is -1.32. The first kappa shape index (κ1) is 18.3. The molecule has 30 heavy (non-hydrogen) atoms. The third-order valence-corrected chi connectivity index (χ3v) is 5.37. The second-order valence-corrected chi connectivity index (χ2v) is 7.26. The van der Waals surface area contributed by atoms with Gasteiger partial charge in [0.2, 0.25) is 0 Å². The number of aromatic nitrogens is 4. The van der Waals surface area contributed by atoms with Gasteiger partial charge >= 0.3 is 5.76 Å². The lowest BCUT2D eigenvalue weighted by Crippen LogP contribution is -2.35. The molecule has 5 rings (SSSR count). The fourth-order valence-corrected chi connectivity index (χ4v) is 3.87. The number of rotatable bonds is 3. The molecule has 0 unspecified atom stereocenters. The second-order valence-electron chi connectivity index (χ2n) is 7.26. The van der Waals surface area contributed by atoms with Gasteiger partial charge < -0.3 is 4.90 Å². The van der Waals surface area contributed by atoms with Crippen LogP contribution < -0.4 is 5.76 Å². The van der Waals surface area contributed by atoms with Crippen molar-refractivity contribution in [3.63, 3.8) is 0 Å². The minimum absolute atomic E-state index is 0.00737. The van der Waals surface area contributed by atoms with Gasteiger partial charge in [0.1, 0.15) is 5.82 Å². The van der Waals surface area contributed by atoms with E-state index in [0.29, 0.717) is 22.3 Å². The molecule has 1 amide bonds. The number of piperidine rings is 1. The number of nitrogens with zero attached hydrogens (tertiary/aromatic N) is 4. The molecule has 0 aliphatic carbocycles. The molecular formula is C21H18FN5O3. The number of hydrogen-bond acceptors (Lipinski definition) is 5. The van der Waals surface area contributed by atoms with Crippen LogP contribution >= 0.6 is 0 Å². The number of nitrogens with one attached hydrogen (secondary N) is 1. The number of carbonyl (C=O) groups excluding carboxylic acids is 1. The average molecular weight is 407 g/mol. The van der Waals surface area contributed by atoms with Gasteiger partial charge in [-0.3, -0.25) is 14.3 Å². The van der Waals surface area contributed by atoms with E-state index in [4.69, 9.17) is 0 Å². The van der Waals surface area contributed by atoms with Gasteiger partial charge in [-0.05, 0) is 49.6 Å². The number of pyridine rings is 1. The van der Waals surface area contributed by atoms with E-state index in [1.807, 2.05) is 23.1 Å². The van der Waals surface area contributed by atoms with E-state index in [1.54, 1.807) is 22.8 Å². The number of likely N-dealkylation sites (tertiary alicyclic amines) is 1. The van der Waals surface area contributed by atoms with Crippen LogP contribution in [0.5, 0.6) is 0 Å². The van der Waals surface area contributed by atoms with Crippen LogP contribution in [0.25, 0.3) is 28.2 Å². The molecule has 0 saturated carbocycles. The third-order valence-electron chi connectivity index (χ3n) is 5.37. The Balaban J connectivity index is 1.58. The number of fused-ring (bicyclic) bond motifs is 1. The normalized spacial score (nSPS) is 14.4. The molecule has 1 aliphatic rings.